The van der Waals surface area contributed by atoms with Crippen LogP contribution in [0.4, 0.5) is 9.18 Å². The second-order valence-corrected chi connectivity index (χ2v) is 5.65. The average Bonchev–Trinajstić information content (AvgIpc) is 3.06. The third-order valence-electron chi connectivity index (χ3n) is 3.65. The Labute approximate surface area is 144 Å². The van der Waals surface area contributed by atoms with Crippen LogP contribution in [-0.4, -0.2) is 20.8 Å². The fourth-order valence-electron chi connectivity index (χ4n) is 2.34. The highest BCUT2D eigenvalue weighted by Gasteiger charge is 2.05. The molecule has 0 spiro atoms. The van der Waals surface area contributed by atoms with E-state index in [-0.39, 0.29) is 11.8 Å². The topological polar surface area (TPSA) is 71.8 Å². The van der Waals surface area contributed by atoms with Crippen molar-refractivity contribution in [3.05, 3.63) is 72.1 Å². The van der Waals surface area contributed by atoms with Crippen molar-refractivity contribution in [3.8, 4) is 11.1 Å². The van der Waals surface area contributed by atoms with E-state index in [4.69, 9.17) is 0 Å². The van der Waals surface area contributed by atoms with Crippen molar-refractivity contribution in [1.29, 1.82) is 0 Å². The molecule has 0 unspecified atom stereocenters. The van der Waals surface area contributed by atoms with E-state index in [1.54, 1.807) is 35.4 Å². The average molecular weight is 339 g/mol. The molecule has 0 aliphatic rings. The molecule has 0 aliphatic carbocycles. The van der Waals surface area contributed by atoms with Crippen molar-refractivity contribution in [2.24, 2.45) is 7.05 Å². The Morgan fingerprint density at radius 2 is 1.76 bits per heavy atom. The van der Waals surface area contributed by atoms with E-state index in [1.807, 2.05) is 19.3 Å². The maximum Gasteiger partial charge on any atom is 0.315 e. The van der Waals surface area contributed by atoms with Crippen LogP contribution in [0.25, 0.3) is 11.1 Å². The van der Waals surface area contributed by atoms with Gasteiger partial charge in [0.25, 0.3) is 0 Å². The smallest absolute Gasteiger partial charge is 0.315 e. The number of hydrogen-bond donors (Lipinski definition) is 2. The second-order valence-electron chi connectivity index (χ2n) is 5.65. The molecular weight excluding hydrogens is 321 g/mol. The Hall–Kier alpha value is -3.22. The number of urea groups is 1. The Morgan fingerprint density at radius 1 is 1.04 bits per heavy atom. The largest absolute Gasteiger partial charge is 0.334 e. The quantitative estimate of drug-likeness (QED) is 0.750. The summed E-state index contributed by atoms with van der Waals surface area (Å²) in [5.74, 6) is -0.297. The van der Waals surface area contributed by atoms with Gasteiger partial charge in [-0.25, -0.2) is 9.18 Å². The first-order chi connectivity index (χ1) is 12.1. The maximum atomic E-state index is 12.8. The number of aryl methyl sites for hydroxylation is 1. The Bertz CT molecular complexity index is 860. The molecule has 7 heteroatoms. The van der Waals surface area contributed by atoms with Crippen LogP contribution < -0.4 is 10.6 Å². The summed E-state index contributed by atoms with van der Waals surface area (Å²) < 4.78 is 14.6. The van der Waals surface area contributed by atoms with Crippen molar-refractivity contribution < 1.29 is 9.18 Å². The van der Waals surface area contributed by atoms with E-state index < -0.39 is 0 Å². The summed E-state index contributed by atoms with van der Waals surface area (Å²) in [7, 11) is 1.85. The molecule has 0 saturated heterocycles. The molecule has 3 aromatic rings. The first kappa shape index (κ1) is 16.6. The van der Waals surface area contributed by atoms with Gasteiger partial charge in [0.2, 0.25) is 0 Å². The number of benzene rings is 1. The molecule has 2 amide bonds. The highest BCUT2D eigenvalue weighted by molar-refractivity contribution is 5.73. The summed E-state index contributed by atoms with van der Waals surface area (Å²) in [6.45, 7) is 0.691. The number of hydrogen-bond acceptors (Lipinski definition) is 3. The van der Waals surface area contributed by atoms with Crippen LogP contribution in [0.2, 0.25) is 0 Å². The third-order valence-corrected chi connectivity index (χ3v) is 3.65. The van der Waals surface area contributed by atoms with Gasteiger partial charge in [-0.15, -0.1) is 0 Å². The number of carbonyl (C=O) groups is 1. The fraction of sp³-hybridized carbons (Fsp3) is 0.167. The van der Waals surface area contributed by atoms with Gasteiger partial charge in [-0.05, 0) is 29.3 Å². The lowest BCUT2D eigenvalue weighted by Crippen LogP contribution is -2.34. The normalized spacial score (nSPS) is 10.5. The molecule has 2 aromatic heterocycles. The molecular formula is C18H18FN5O. The zero-order valence-corrected chi connectivity index (χ0v) is 13.7. The van der Waals surface area contributed by atoms with Gasteiger partial charge in [0.1, 0.15) is 5.82 Å². The van der Waals surface area contributed by atoms with Gasteiger partial charge in [-0.3, -0.25) is 9.67 Å². The van der Waals surface area contributed by atoms with Gasteiger partial charge in [0, 0.05) is 49.9 Å². The molecule has 1 aromatic carbocycles. The third kappa shape index (κ3) is 4.63. The molecule has 0 fully saturated rings. The van der Waals surface area contributed by atoms with Crippen LogP contribution in [0.5, 0.6) is 0 Å². The first-order valence-corrected chi connectivity index (χ1v) is 7.79. The Morgan fingerprint density at radius 3 is 2.44 bits per heavy atom. The number of nitrogens with zero attached hydrogens (tertiary/aromatic N) is 3. The van der Waals surface area contributed by atoms with Crippen LogP contribution in [-0.2, 0) is 20.1 Å². The lowest BCUT2D eigenvalue weighted by atomic mass is 10.1. The standard InChI is InChI=1S/C18H18FN5O/c1-24-12-16(11-23-24)15-6-14(7-20-10-15)9-22-18(25)21-8-13-2-4-17(19)5-3-13/h2-7,10-12H,8-9H2,1H3,(H2,21,22,25). The van der Waals surface area contributed by atoms with Crippen molar-refractivity contribution in [3.63, 3.8) is 0 Å². The minimum Gasteiger partial charge on any atom is -0.334 e. The fourth-order valence-corrected chi connectivity index (χ4v) is 2.34. The van der Waals surface area contributed by atoms with Crippen LogP contribution >= 0.6 is 0 Å². The number of rotatable bonds is 5. The SMILES string of the molecule is Cn1cc(-c2cncc(CNC(=O)NCc3ccc(F)cc3)c2)cn1. The Kier molecular flexibility index (Phi) is 5.03. The highest BCUT2D eigenvalue weighted by atomic mass is 19.1. The van der Waals surface area contributed by atoms with Crippen molar-refractivity contribution in [1.82, 2.24) is 25.4 Å². The van der Waals surface area contributed by atoms with Gasteiger partial charge < -0.3 is 10.6 Å². The van der Waals surface area contributed by atoms with E-state index in [2.05, 4.69) is 20.7 Å². The summed E-state index contributed by atoms with van der Waals surface area (Å²) in [4.78, 5) is 16.1. The van der Waals surface area contributed by atoms with E-state index in [0.717, 1.165) is 22.3 Å². The van der Waals surface area contributed by atoms with Gasteiger partial charge in [0.15, 0.2) is 0 Å². The summed E-state index contributed by atoms with van der Waals surface area (Å²) in [6.07, 6.45) is 7.14. The van der Waals surface area contributed by atoms with Gasteiger partial charge in [-0.1, -0.05) is 12.1 Å². The van der Waals surface area contributed by atoms with Crippen LogP contribution in [0.1, 0.15) is 11.1 Å². The molecule has 3 rings (SSSR count). The van der Waals surface area contributed by atoms with Crippen molar-refractivity contribution >= 4 is 6.03 Å². The zero-order valence-electron chi connectivity index (χ0n) is 13.7. The predicted molar refractivity (Wildman–Crippen MR) is 91.9 cm³/mol. The summed E-state index contributed by atoms with van der Waals surface area (Å²) >= 11 is 0. The number of pyridine rings is 1. The van der Waals surface area contributed by atoms with E-state index in [9.17, 15) is 9.18 Å². The molecule has 2 N–H and O–H groups in total. The number of nitrogens with one attached hydrogen (secondary N) is 2. The van der Waals surface area contributed by atoms with E-state index >= 15 is 0 Å². The molecule has 0 atom stereocenters. The minimum absolute atomic E-state index is 0.295. The van der Waals surface area contributed by atoms with Crippen LogP contribution in [0.3, 0.4) is 0 Å². The minimum atomic E-state index is -0.297. The van der Waals surface area contributed by atoms with Crippen molar-refractivity contribution in [2.75, 3.05) is 0 Å². The lowest BCUT2D eigenvalue weighted by Gasteiger charge is -2.08. The van der Waals surface area contributed by atoms with Crippen LogP contribution in [0, 0.1) is 5.82 Å². The van der Waals surface area contributed by atoms with Crippen molar-refractivity contribution in [2.45, 2.75) is 13.1 Å². The second kappa shape index (κ2) is 7.57. The molecule has 128 valence electrons. The van der Waals surface area contributed by atoms with E-state index in [0.29, 0.717) is 13.1 Å². The summed E-state index contributed by atoms with van der Waals surface area (Å²) in [6, 6.07) is 7.67. The predicted octanol–water partition coefficient (Wildman–Crippen LogP) is 2.62. The number of aromatic nitrogens is 3. The molecule has 6 nitrogen and oxygen atoms in total. The number of carbonyl (C=O) groups excluding carboxylic acids is 1. The zero-order chi connectivity index (χ0) is 17.6. The molecule has 0 saturated carbocycles. The lowest BCUT2D eigenvalue weighted by molar-refractivity contribution is 0.240. The maximum absolute atomic E-state index is 12.8. The van der Waals surface area contributed by atoms with E-state index in [1.165, 1.54) is 12.1 Å². The van der Waals surface area contributed by atoms with Gasteiger partial charge >= 0.3 is 6.03 Å². The molecule has 25 heavy (non-hydrogen) atoms. The molecule has 0 bridgehead atoms. The summed E-state index contributed by atoms with van der Waals surface area (Å²) in [5.41, 5.74) is 3.63. The number of amides is 2. The van der Waals surface area contributed by atoms with Crippen LogP contribution in [0.15, 0.2) is 55.1 Å². The summed E-state index contributed by atoms with van der Waals surface area (Å²) in [5, 5.41) is 9.65. The monoisotopic (exact) mass is 339 g/mol. The number of halogens is 1. The highest BCUT2D eigenvalue weighted by Crippen LogP contribution is 2.18. The van der Waals surface area contributed by atoms with Gasteiger partial charge in [0.05, 0.1) is 6.20 Å². The van der Waals surface area contributed by atoms with Gasteiger partial charge in [-0.2, -0.15) is 5.10 Å². The first-order valence-electron chi connectivity index (χ1n) is 7.79. The Balaban J connectivity index is 1.52. The molecule has 2 heterocycles. The molecule has 0 radical (unpaired) electrons. The molecule has 0 aliphatic heterocycles.